The highest BCUT2D eigenvalue weighted by molar-refractivity contribution is 5.86. The molecule has 0 saturated carbocycles. The normalized spacial score (nSPS) is 11.2. The van der Waals surface area contributed by atoms with Gasteiger partial charge in [0, 0.05) is 44.5 Å². The number of hydrogen-bond acceptors (Lipinski definition) is 5. The second-order valence-electron chi connectivity index (χ2n) is 6.68. The largest absolute Gasteiger partial charge is 0.444 e. The lowest BCUT2D eigenvalue weighted by Crippen LogP contribution is -2.43. The average molecular weight is 406 g/mol. The summed E-state index contributed by atoms with van der Waals surface area (Å²) in [6, 6.07) is 15.5. The number of aliphatic imine (C=N–C) groups is 1. The third kappa shape index (κ3) is 6.16. The van der Waals surface area contributed by atoms with Crippen LogP contribution in [0.2, 0.25) is 0 Å². The Hall–Kier alpha value is -3.68. The van der Waals surface area contributed by atoms with Gasteiger partial charge in [0.15, 0.2) is 5.96 Å². The molecule has 1 amide bonds. The summed E-state index contributed by atoms with van der Waals surface area (Å²) in [6.07, 6.45) is 4.08. The lowest BCUT2D eigenvalue weighted by molar-refractivity contribution is -0.128. The SMILES string of the molecule is CN=C(NCC(=O)N(C)CCc1ccccn1)NCc1coc(-c2ccccc2)n1. The molecule has 0 fully saturated rings. The molecule has 0 saturated heterocycles. The smallest absolute Gasteiger partial charge is 0.241 e. The van der Waals surface area contributed by atoms with Crippen molar-refractivity contribution in [3.05, 3.63) is 72.4 Å². The summed E-state index contributed by atoms with van der Waals surface area (Å²) in [4.78, 5) is 26.9. The van der Waals surface area contributed by atoms with Crippen LogP contribution in [0.25, 0.3) is 11.5 Å². The first-order chi connectivity index (χ1) is 14.7. The molecule has 2 aromatic heterocycles. The van der Waals surface area contributed by atoms with Gasteiger partial charge in [0.25, 0.3) is 0 Å². The fourth-order valence-corrected chi connectivity index (χ4v) is 2.74. The summed E-state index contributed by atoms with van der Waals surface area (Å²) in [5.74, 6) is 1.06. The molecular weight excluding hydrogens is 380 g/mol. The topological polar surface area (TPSA) is 95.7 Å². The molecule has 3 aromatic rings. The van der Waals surface area contributed by atoms with Crippen LogP contribution in [0, 0.1) is 0 Å². The Bertz CT molecular complexity index is 956. The van der Waals surface area contributed by atoms with E-state index in [2.05, 4.69) is 25.6 Å². The first kappa shape index (κ1) is 21.0. The lowest BCUT2D eigenvalue weighted by atomic mass is 10.2. The Morgan fingerprint density at radius 1 is 1.10 bits per heavy atom. The minimum absolute atomic E-state index is 0.0262. The van der Waals surface area contributed by atoms with E-state index in [-0.39, 0.29) is 12.5 Å². The van der Waals surface area contributed by atoms with E-state index in [1.54, 1.807) is 31.5 Å². The Morgan fingerprint density at radius 2 is 1.90 bits per heavy atom. The van der Waals surface area contributed by atoms with Crippen LogP contribution < -0.4 is 10.6 Å². The molecule has 8 nitrogen and oxygen atoms in total. The molecule has 30 heavy (non-hydrogen) atoms. The van der Waals surface area contributed by atoms with Gasteiger partial charge in [-0.05, 0) is 24.3 Å². The molecule has 0 unspecified atom stereocenters. The van der Waals surface area contributed by atoms with Crippen molar-refractivity contribution in [3.8, 4) is 11.5 Å². The van der Waals surface area contributed by atoms with E-state index < -0.39 is 0 Å². The molecule has 0 radical (unpaired) electrons. The van der Waals surface area contributed by atoms with Crippen LogP contribution in [-0.2, 0) is 17.8 Å². The lowest BCUT2D eigenvalue weighted by Gasteiger charge is -2.18. The Morgan fingerprint density at radius 3 is 2.63 bits per heavy atom. The monoisotopic (exact) mass is 406 g/mol. The van der Waals surface area contributed by atoms with Crippen LogP contribution in [0.1, 0.15) is 11.4 Å². The molecule has 0 aliphatic carbocycles. The zero-order valence-electron chi connectivity index (χ0n) is 17.2. The first-order valence-electron chi connectivity index (χ1n) is 9.74. The zero-order valence-corrected chi connectivity index (χ0v) is 17.2. The van der Waals surface area contributed by atoms with Crippen molar-refractivity contribution < 1.29 is 9.21 Å². The molecule has 0 atom stereocenters. The summed E-state index contributed by atoms with van der Waals surface area (Å²) >= 11 is 0. The van der Waals surface area contributed by atoms with Crippen LogP contribution in [0.15, 0.2) is 70.4 Å². The Labute approximate surface area is 176 Å². The third-order valence-corrected chi connectivity index (χ3v) is 4.50. The van der Waals surface area contributed by atoms with Crippen molar-refractivity contribution in [1.29, 1.82) is 0 Å². The summed E-state index contributed by atoms with van der Waals surface area (Å²) in [5.41, 5.74) is 2.63. The van der Waals surface area contributed by atoms with E-state index in [9.17, 15) is 4.79 Å². The summed E-state index contributed by atoms with van der Waals surface area (Å²) in [7, 11) is 3.44. The molecule has 0 bridgehead atoms. The van der Waals surface area contributed by atoms with Crippen LogP contribution in [0.4, 0.5) is 0 Å². The number of hydrogen-bond donors (Lipinski definition) is 2. The fraction of sp³-hybridized carbons (Fsp3) is 0.273. The number of benzene rings is 1. The predicted octanol–water partition coefficient (Wildman–Crippen LogP) is 2.10. The Balaban J connectivity index is 1.42. The van der Waals surface area contributed by atoms with Crippen molar-refractivity contribution >= 4 is 11.9 Å². The number of nitrogens with one attached hydrogen (secondary N) is 2. The van der Waals surface area contributed by atoms with Crippen LogP contribution in [-0.4, -0.2) is 53.9 Å². The van der Waals surface area contributed by atoms with Gasteiger partial charge in [-0.3, -0.25) is 14.8 Å². The number of likely N-dealkylation sites (N-methyl/N-ethyl adjacent to an activating group) is 1. The van der Waals surface area contributed by atoms with Gasteiger partial charge in [0.05, 0.1) is 18.8 Å². The molecule has 3 rings (SSSR count). The highest BCUT2D eigenvalue weighted by Crippen LogP contribution is 2.17. The van der Waals surface area contributed by atoms with E-state index in [0.717, 1.165) is 17.0 Å². The molecule has 0 aliphatic heterocycles. The molecule has 2 heterocycles. The number of rotatable bonds is 8. The van der Waals surface area contributed by atoms with Gasteiger partial charge in [-0.1, -0.05) is 24.3 Å². The van der Waals surface area contributed by atoms with Crippen molar-refractivity contribution in [2.24, 2.45) is 4.99 Å². The molecule has 2 N–H and O–H groups in total. The summed E-state index contributed by atoms with van der Waals surface area (Å²) < 4.78 is 5.53. The molecule has 1 aromatic carbocycles. The number of carbonyl (C=O) groups excluding carboxylic acids is 1. The van der Waals surface area contributed by atoms with Crippen molar-refractivity contribution in [3.63, 3.8) is 0 Å². The minimum atomic E-state index is -0.0262. The number of nitrogens with zero attached hydrogens (tertiary/aromatic N) is 4. The van der Waals surface area contributed by atoms with E-state index >= 15 is 0 Å². The molecule has 0 spiro atoms. The number of pyridine rings is 1. The maximum Gasteiger partial charge on any atom is 0.241 e. The highest BCUT2D eigenvalue weighted by Gasteiger charge is 2.11. The van der Waals surface area contributed by atoms with Gasteiger partial charge in [-0.15, -0.1) is 0 Å². The van der Waals surface area contributed by atoms with Crippen molar-refractivity contribution in [2.75, 3.05) is 27.2 Å². The van der Waals surface area contributed by atoms with E-state index in [1.165, 1.54) is 0 Å². The van der Waals surface area contributed by atoms with Crippen molar-refractivity contribution in [2.45, 2.75) is 13.0 Å². The minimum Gasteiger partial charge on any atom is -0.444 e. The fourth-order valence-electron chi connectivity index (χ4n) is 2.74. The zero-order chi connectivity index (χ0) is 21.2. The second-order valence-corrected chi connectivity index (χ2v) is 6.68. The third-order valence-electron chi connectivity index (χ3n) is 4.50. The second kappa shape index (κ2) is 10.8. The number of aromatic nitrogens is 2. The van der Waals surface area contributed by atoms with Gasteiger partial charge in [0.1, 0.15) is 6.26 Å². The number of amides is 1. The first-order valence-corrected chi connectivity index (χ1v) is 9.74. The van der Waals surface area contributed by atoms with Crippen LogP contribution in [0.5, 0.6) is 0 Å². The summed E-state index contributed by atoms with van der Waals surface area (Å²) in [6.45, 7) is 1.18. The maximum absolute atomic E-state index is 12.4. The molecule has 0 aliphatic rings. The predicted molar refractivity (Wildman–Crippen MR) is 116 cm³/mol. The number of guanidine groups is 1. The van der Waals surface area contributed by atoms with E-state index in [1.807, 2.05) is 48.5 Å². The Kier molecular flexibility index (Phi) is 7.54. The summed E-state index contributed by atoms with van der Waals surface area (Å²) in [5, 5.41) is 6.17. The van der Waals surface area contributed by atoms with Gasteiger partial charge in [0.2, 0.25) is 11.8 Å². The quantitative estimate of drug-likeness (QED) is 0.439. The molecular formula is C22H26N6O2. The van der Waals surface area contributed by atoms with Crippen LogP contribution >= 0.6 is 0 Å². The molecule has 8 heteroatoms. The average Bonchev–Trinajstić information content (AvgIpc) is 3.28. The highest BCUT2D eigenvalue weighted by atomic mass is 16.3. The van der Waals surface area contributed by atoms with Gasteiger partial charge in [-0.25, -0.2) is 4.98 Å². The van der Waals surface area contributed by atoms with Gasteiger partial charge >= 0.3 is 0 Å². The van der Waals surface area contributed by atoms with Crippen LogP contribution in [0.3, 0.4) is 0 Å². The molecule has 156 valence electrons. The number of carbonyl (C=O) groups is 1. The van der Waals surface area contributed by atoms with Crippen molar-refractivity contribution in [1.82, 2.24) is 25.5 Å². The van der Waals surface area contributed by atoms with E-state index in [0.29, 0.717) is 31.4 Å². The van der Waals surface area contributed by atoms with Gasteiger partial charge in [-0.2, -0.15) is 0 Å². The standard InChI is InChI=1S/C22H26N6O2/c1-23-22(25-14-19-16-30-21(27-19)17-8-4-3-5-9-17)26-15-20(29)28(2)13-11-18-10-6-7-12-24-18/h3-10,12,16H,11,13-15H2,1-2H3,(H2,23,25,26). The van der Waals surface area contributed by atoms with Gasteiger partial charge < -0.3 is 20.0 Å². The van der Waals surface area contributed by atoms with E-state index in [4.69, 9.17) is 4.42 Å². The maximum atomic E-state index is 12.4. The number of oxazole rings is 1.